The van der Waals surface area contributed by atoms with Crippen molar-refractivity contribution in [3.8, 4) is 0 Å². The molecule has 0 aliphatic carbocycles. The van der Waals surface area contributed by atoms with E-state index in [2.05, 4.69) is 0 Å². The van der Waals surface area contributed by atoms with Crippen molar-refractivity contribution in [3.05, 3.63) is 69.2 Å². The zero-order valence-corrected chi connectivity index (χ0v) is 11.9. The van der Waals surface area contributed by atoms with Gasteiger partial charge in [-0.25, -0.2) is 8.78 Å². The van der Waals surface area contributed by atoms with Gasteiger partial charge in [-0.15, -0.1) is 0 Å². The minimum Gasteiger partial charge on any atom is -0.388 e. The van der Waals surface area contributed by atoms with Crippen molar-refractivity contribution < 1.29 is 13.9 Å². The average molecular weight is 317 g/mol. The van der Waals surface area contributed by atoms with Crippen LogP contribution in [0.2, 0.25) is 10.0 Å². The van der Waals surface area contributed by atoms with E-state index >= 15 is 0 Å². The topological polar surface area (TPSA) is 20.2 Å². The SMILES string of the molecule is OC(Cc1c(Cl)cccc1Cl)c1cccc(C(F)F)c1. The van der Waals surface area contributed by atoms with Crippen LogP contribution in [-0.4, -0.2) is 5.11 Å². The Morgan fingerprint density at radius 2 is 1.50 bits per heavy atom. The molecular formula is C15H12Cl2F2O. The molecule has 1 nitrogen and oxygen atoms in total. The lowest BCUT2D eigenvalue weighted by Gasteiger charge is -2.14. The first kappa shape index (κ1) is 15.2. The molecule has 0 aliphatic rings. The Morgan fingerprint density at radius 3 is 2.10 bits per heavy atom. The van der Waals surface area contributed by atoms with Crippen LogP contribution in [0.3, 0.4) is 0 Å². The Bertz CT molecular complexity index is 582. The molecule has 2 aromatic carbocycles. The number of rotatable bonds is 4. The summed E-state index contributed by atoms with van der Waals surface area (Å²) in [6, 6.07) is 10.8. The Kier molecular flexibility index (Phi) is 4.97. The molecule has 106 valence electrons. The van der Waals surface area contributed by atoms with Gasteiger partial charge >= 0.3 is 0 Å². The molecule has 0 aromatic heterocycles. The Balaban J connectivity index is 2.24. The zero-order valence-electron chi connectivity index (χ0n) is 10.4. The Morgan fingerprint density at radius 1 is 0.950 bits per heavy atom. The van der Waals surface area contributed by atoms with E-state index in [1.54, 1.807) is 24.3 Å². The Labute approximate surface area is 125 Å². The van der Waals surface area contributed by atoms with Gasteiger partial charge in [-0.1, -0.05) is 47.5 Å². The predicted octanol–water partition coefficient (Wildman–Crippen LogP) is 5.21. The maximum Gasteiger partial charge on any atom is 0.263 e. The quantitative estimate of drug-likeness (QED) is 0.821. The lowest BCUT2D eigenvalue weighted by Crippen LogP contribution is -2.03. The first-order valence-electron chi connectivity index (χ1n) is 5.98. The summed E-state index contributed by atoms with van der Waals surface area (Å²) in [7, 11) is 0. The van der Waals surface area contributed by atoms with Crippen LogP contribution >= 0.6 is 23.2 Å². The van der Waals surface area contributed by atoms with Crippen LogP contribution in [0.1, 0.15) is 29.2 Å². The summed E-state index contributed by atoms with van der Waals surface area (Å²) < 4.78 is 25.3. The lowest BCUT2D eigenvalue weighted by molar-refractivity contribution is 0.149. The molecule has 1 atom stereocenters. The van der Waals surface area contributed by atoms with Crippen molar-refractivity contribution in [2.45, 2.75) is 19.0 Å². The molecule has 2 aromatic rings. The van der Waals surface area contributed by atoms with Gasteiger partial charge in [0.15, 0.2) is 0 Å². The van der Waals surface area contributed by atoms with Crippen LogP contribution in [0.4, 0.5) is 8.78 Å². The normalized spacial score (nSPS) is 12.7. The Hall–Kier alpha value is -1.16. The second-order valence-corrected chi connectivity index (χ2v) is 5.21. The largest absolute Gasteiger partial charge is 0.388 e. The molecule has 0 radical (unpaired) electrons. The number of hydrogen-bond acceptors (Lipinski definition) is 1. The van der Waals surface area contributed by atoms with Crippen molar-refractivity contribution >= 4 is 23.2 Å². The molecule has 5 heteroatoms. The van der Waals surface area contributed by atoms with Crippen LogP contribution in [0.15, 0.2) is 42.5 Å². The van der Waals surface area contributed by atoms with Gasteiger partial charge in [-0.05, 0) is 29.3 Å². The fourth-order valence-corrected chi connectivity index (χ4v) is 2.49. The van der Waals surface area contributed by atoms with Gasteiger partial charge in [-0.2, -0.15) is 0 Å². The van der Waals surface area contributed by atoms with Crippen molar-refractivity contribution in [3.63, 3.8) is 0 Å². The lowest BCUT2D eigenvalue weighted by atomic mass is 10.00. The van der Waals surface area contributed by atoms with E-state index in [0.29, 0.717) is 21.2 Å². The highest BCUT2D eigenvalue weighted by Gasteiger charge is 2.15. The fourth-order valence-electron chi connectivity index (χ4n) is 1.94. The third-order valence-electron chi connectivity index (χ3n) is 3.01. The average Bonchev–Trinajstić information content (AvgIpc) is 2.43. The highest BCUT2D eigenvalue weighted by molar-refractivity contribution is 6.35. The van der Waals surface area contributed by atoms with E-state index < -0.39 is 12.5 Å². The van der Waals surface area contributed by atoms with Crippen molar-refractivity contribution in [2.75, 3.05) is 0 Å². The highest BCUT2D eigenvalue weighted by atomic mass is 35.5. The molecule has 0 fully saturated rings. The van der Waals surface area contributed by atoms with E-state index in [1.807, 2.05) is 0 Å². The summed E-state index contributed by atoms with van der Waals surface area (Å²) in [4.78, 5) is 0. The summed E-state index contributed by atoms with van der Waals surface area (Å²) in [6.45, 7) is 0. The fraction of sp³-hybridized carbons (Fsp3) is 0.200. The molecule has 0 heterocycles. The van der Waals surface area contributed by atoms with E-state index in [0.717, 1.165) is 0 Å². The number of halogens is 4. The molecule has 0 spiro atoms. The van der Waals surface area contributed by atoms with Gasteiger partial charge in [-0.3, -0.25) is 0 Å². The summed E-state index contributed by atoms with van der Waals surface area (Å²) in [6.07, 6.45) is -3.33. The van der Waals surface area contributed by atoms with Crippen LogP contribution < -0.4 is 0 Å². The first-order chi connectivity index (χ1) is 9.49. The number of aliphatic hydroxyl groups is 1. The van der Waals surface area contributed by atoms with E-state index in [1.165, 1.54) is 18.2 Å². The number of benzene rings is 2. The minimum absolute atomic E-state index is 0.119. The van der Waals surface area contributed by atoms with Crippen LogP contribution in [0.5, 0.6) is 0 Å². The monoisotopic (exact) mass is 316 g/mol. The van der Waals surface area contributed by atoms with Gasteiger partial charge in [0.2, 0.25) is 0 Å². The van der Waals surface area contributed by atoms with Crippen molar-refractivity contribution in [1.29, 1.82) is 0 Å². The van der Waals surface area contributed by atoms with Gasteiger partial charge in [0.1, 0.15) is 0 Å². The second kappa shape index (κ2) is 6.53. The number of hydrogen-bond donors (Lipinski definition) is 1. The summed E-state index contributed by atoms with van der Waals surface area (Å²) >= 11 is 12.1. The van der Waals surface area contributed by atoms with Crippen LogP contribution in [0.25, 0.3) is 0 Å². The van der Waals surface area contributed by atoms with Gasteiger partial charge in [0.05, 0.1) is 6.10 Å². The number of aliphatic hydroxyl groups excluding tert-OH is 1. The van der Waals surface area contributed by atoms with E-state index in [9.17, 15) is 13.9 Å². The third-order valence-corrected chi connectivity index (χ3v) is 3.71. The van der Waals surface area contributed by atoms with Crippen molar-refractivity contribution in [2.24, 2.45) is 0 Å². The molecule has 0 saturated carbocycles. The van der Waals surface area contributed by atoms with Gasteiger partial charge in [0, 0.05) is 22.0 Å². The minimum atomic E-state index is -2.56. The molecular weight excluding hydrogens is 305 g/mol. The molecule has 0 aliphatic heterocycles. The molecule has 0 saturated heterocycles. The molecule has 1 unspecified atom stereocenters. The second-order valence-electron chi connectivity index (χ2n) is 4.39. The summed E-state index contributed by atoms with van der Waals surface area (Å²) in [5.41, 5.74) is 0.899. The van der Waals surface area contributed by atoms with E-state index in [4.69, 9.17) is 23.2 Å². The van der Waals surface area contributed by atoms with Gasteiger partial charge < -0.3 is 5.11 Å². The molecule has 20 heavy (non-hydrogen) atoms. The zero-order chi connectivity index (χ0) is 14.7. The first-order valence-corrected chi connectivity index (χ1v) is 6.73. The summed E-state index contributed by atoms with van der Waals surface area (Å²) in [5.74, 6) is 0. The maximum absolute atomic E-state index is 12.6. The van der Waals surface area contributed by atoms with Crippen LogP contribution in [-0.2, 0) is 6.42 Å². The maximum atomic E-state index is 12.6. The van der Waals surface area contributed by atoms with Gasteiger partial charge in [0.25, 0.3) is 6.43 Å². The van der Waals surface area contributed by atoms with Crippen LogP contribution in [0, 0.1) is 0 Å². The highest BCUT2D eigenvalue weighted by Crippen LogP contribution is 2.30. The summed E-state index contributed by atoms with van der Waals surface area (Å²) in [5, 5.41) is 11.1. The standard InChI is InChI=1S/C15H12Cl2F2O/c16-12-5-2-6-13(17)11(12)8-14(20)9-3-1-4-10(7-9)15(18)19/h1-7,14-15,20H,8H2. The molecule has 1 N–H and O–H groups in total. The molecule has 0 amide bonds. The van der Waals surface area contributed by atoms with Crippen molar-refractivity contribution in [1.82, 2.24) is 0 Å². The smallest absolute Gasteiger partial charge is 0.263 e. The number of alkyl halides is 2. The predicted molar refractivity (Wildman–Crippen MR) is 76.5 cm³/mol. The van der Waals surface area contributed by atoms with E-state index in [-0.39, 0.29) is 12.0 Å². The molecule has 0 bridgehead atoms. The third kappa shape index (κ3) is 3.48. The molecule has 2 rings (SSSR count).